The van der Waals surface area contributed by atoms with Crippen molar-refractivity contribution in [3.8, 4) is 0 Å². The molecule has 0 saturated heterocycles. The Bertz CT molecular complexity index is 619. The van der Waals surface area contributed by atoms with Crippen LogP contribution in [0.4, 0.5) is 0 Å². The topological polar surface area (TPSA) is 0 Å². The Kier molecular flexibility index (Phi) is 9.53. The van der Waals surface area contributed by atoms with Crippen LogP contribution in [0.15, 0.2) is 61.7 Å². The van der Waals surface area contributed by atoms with Gasteiger partial charge in [0.05, 0.1) is 0 Å². The lowest BCUT2D eigenvalue weighted by Gasteiger charge is -2.07. The monoisotopic (exact) mass is 320 g/mol. The fourth-order valence-electron chi connectivity index (χ4n) is 2.69. The van der Waals surface area contributed by atoms with Crippen LogP contribution in [0, 0.1) is 5.92 Å². The third-order valence-electron chi connectivity index (χ3n) is 3.98. The molecule has 0 heteroatoms. The van der Waals surface area contributed by atoms with Crippen LogP contribution in [0.25, 0.3) is 12.2 Å². The second-order valence-corrected chi connectivity index (χ2v) is 6.51. The Hall–Kier alpha value is -2.08. The first-order valence-corrected chi connectivity index (χ1v) is 9.03. The van der Waals surface area contributed by atoms with Crippen molar-refractivity contribution in [2.75, 3.05) is 0 Å². The molecule has 0 atom stereocenters. The first-order valence-electron chi connectivity index (χ1n) is 9.03. The van der Waals surface area contributed by atoms with Crippen molar-refractivity contribution in [3.05, 3.63) is 83.9 Å². The molecule has 0 fully saturated rings. The molecule has 0 saturated carbocycles. The fraction of sp³-hybridized carbons (Fsp3) is 0.333. The van der Waals surface area contributed by atoms with E-state index in [9.17, 15) is 0 Å². The van der Waals surface area contributed by atoms with Gasteiger partial charge in [-0.25, -0.2) is 0 Å². The van der Waals surface area contributed by atoms with Crippen molar-refractivity contribution in [1.82, 2.24) is 0 Å². The lowest BCUT2D eigenvalue weighted by Crippen LogP contribution is -1.95. The SMILES string of the molecule is C=Cc1ccccc1CC(C)C.C=Cc1ccccc1CCCC. The maximum Gasteiger partial charge on any atom is -0.0230 e. The molecule has 0 aliphatic carbocycles. The molecule has 2 rings (SSSR count). The van der Waals surface area contributed by atoms with Crippen LogP contribution in [0.2, 0.25) is 0 Å². The highest BCUT2D eigenvalue weighted by Crippen LogP contribution is 2.14. The van der Waals surface area contributed by atoms with Crippen LogP contribution >= 0.6 is 0 Å². The number of aryl methyl sites for hydroxylation is 1. The first-order chi connectivity index (χ1) is 11.6. The highest BCUT2D eigenvalue weighted by molar-refractivity contribution is 5.52. The van der Waals surface area contributed by atoms with Gasteiger partial charge in [-0.05, 0) is 47.4 Å². The molecule has 0 N–H and O–H groups in total. The highest BCUT2D eigenvalue weighted by Gasteiger charge is 2.00. The minimum absolute atomic E-state index is 0.714. The zero-order chi connectivity index (χ0) is 17.8. The van der Waals surface area contributed by atoms with Gasteiger partial charge in [0.2, 0.25) is 0 Å². The summed E-state index contributed by atoms with van der Waals surface area (Å²) in [5.41, 5.74) is 5.38. The number of rotatable bonds is 7. The second kappa shape index (κ2) is 11.5. The molecular weight excluding hydrogens is 288 g/mol. The molecule has 0 radical (unpaired) electrons. The van der Waals surface area contributed by atoms with Crippen molar-refractivity contribution in [2.45, 2.75) is 46.5 Å². The van der Waals surface area contributed by atoms with E-state index in [0.29, 0.717) is 5.92 Å². The molecule has 0 nitrogen and oxygen atoms in total. The zero-order valence-corrected chi connectivity index (χ0v) is 15.6. The summed E-state index contributed by atoms with van der Waals surface area (Å²) >= 11 is 0. The summed E-state index contributed by atoms with van der Waals surface area (Å²) < 4.78 is 0. The largest absolute Gasteiger partial charge is 0.0985 e. The summed E-state index contributed by atoms with van der Waals surface area (Å²) in [6.07, 6.45) is 8.71. The van der Waals surface area contributed by atoms with E-state index in [1.54, 1.807) is 0 Å². The van der Waals surface area contributed by atoms with Gasteiger partial charge in [0.1, 0.15) is 0 Å². The molecule has 0 unspecified atom stereocenters. The average molecular weight is 321 g/mol. The molecule has 2 aromatic rings. The van der Waals surface area contributed by atoms with Crippen LogP contribution < -0.4 is 0 Å². The van der Waals surface area contributed by atoms with Crippen molar-refractivity contribution in [3.63, 3.8) is 0 Å². The lowest BCUT2D eigenvalue weighted by molar-refractivity contribution is 0.646. The highest BCUT2D eigenvalue weighted by atomic mass is 14.1. The van der Waals surface area contributed by atoms with Gasteiger partial charge in [-0.2, -0.15) is 0 Å². The molecule has 0 aromatic heterocycles. The van der Waals surface area contributed by atoms with Crippen LogP contribution in [0.5, 0.6) is 0 Å². The Morgan fingerprint density at radius 1 is 0.833 bits per heavy atom. The van der Waals surface area contributed by atoms with E-state index >= 15 is 0 Å². The second-order valence-electron chi connectivity index (χ2n) is 6.51. The van der Waals surface area contributed by atoms with E-state index in [-0.39, 0.29) is 0 Å². The molecule has 0 bridgehead atoms. The van der Waals surface area contributed by atoms with Gasteiger partial charge in [-0.15, -0.1) is 0 Å². The summed E-state index contributed by atoms with van der Waals surface area (Å²) in [5.74, 6) is 0.714. The van der Waals surface area contributed by atoms with Crippen molar-refractivity contribution in [2.24, 2.45) is 5.92 Å². The maximum atomic E-state index is 3.80. The smallest absolute Gasteiger partial charge is 0.0230 e. The molecule has 24 heavy (non-hydrogen) atoms. The Balaban J connectivity index is 0.000000240. The molecule has 128 valence electrons. The minimum atomic E-state index is 0.714. The number of hydrogen-bond acceptors (Lipinski definition) is 0. The fourth-order valence-corrected chi connectivity index (χ4v) is 2.69. The van der Waals surface area contributed by atoms with Gasteiger partial charge in [-0.1, -0.05) is 101 Å². The summed E-state index contributed by atoms with van der Waals surface area (Å²) in [6, 6.07) is 16.9. The van der Waals surface area contributed by atoms with Gasteiger partial charge >= 0.3 is 0 Å². The summed E-state index contributed by atoms with van der Waals surface area (Å²) in [6.45, 7) is 14.3. The summed E-state index contributed by atoms with van der Waals surface area (Å²) in [5, 5.41) is 0. The number of hydrogen-bond donors (Lipinski definition) is 0. The van der Waals surface area contributed by atoms with Gasteiger partial charge in [0, 0.05) is 0 Å². The predicted molar refractivity (Wildman–Crippen MR) is 110 cm³/mol. The van der Waals surface area contributed by atoms with Crippen molar-refractivity contribution < 1.29 is 0 Å². The molecule has 0 aliphatic rings. The quantitative estimate of drug-likeness (QED) is 0.506. The summed E-state index contributed by atoms with van der Waals surface area (Å²) in [4.78, 5) is 0. The average Bonchev–Trinajstić information content (AvgIpc) is 2.60. The maximum absolute atomic E-state index is 3.80. The predicted octanol–water partition coefficient (Wildman–Crippen LogP) is 7.20. The van der Waals surface area contributed by atoms with E-state index in [2.05, 4.69) is 82.5 Å². The van der Waals surface area contributed by atoms with E-state index in [4.69, 9.17) is 0 Å². The number of benzene rings is 2. The van der Waals surface area contributed by atoms with Gasteiger partial charge in [0.25, 0.3) is 0 Å². The molecular formula is C24H32. The van der Waals surface area contributed by atoms with Crippen molar-refractivity contribution in [1.29, 1.82) is 0 Å². The third-order valence-corrected chi connectivity index (χ3v) is 3.98. The Morgan fingerprint density at radius 3 is 1.83 bits per heavy atom. The molecule has 0 heterocycles. The van der Waals surface area contributed by atoms with E-state index < -0.39 is 0 Å². The van der Waals surface area contributed by atoms with Gasteiger partial charge < -0.3 is 0 Å². The standard InChI is InChI=1S/2C12H16/c1-4-11-7-5-6-8-12(11)9-10(2)3;1-3-5-8-12-10-7-6-9-11(12)4-2/h4-8,10H,1,9H2,2-3H3;4,6-7,9-10H,2-3,5,8H2,1H3. The Labute approximate surface area is 148 Å². The van der Waals surface area contributed by atoms with E-state index in [1.807, 2.05) is 12.2 Å². The lowest BCUT2D eigenvalue weighted by atomic mass is 9.98. The minimum Gasteiger partial charge on any atom is -0.0985 e. The molecule has 0 aliphatic heterocycles. The molecule has 0 spiro atoms. The normalized spacial score (nSPS) is 10.0. The van der Waals surface area contributed by atoms with Crippen LogP contribution in [-0.4, -0.2) is 0 Å². The zero-order valence-electron chi connectivity index (χ0n) is 15.6. The van der Waals surface area contributed by atoms with Gasteiger partial charge in [-0.3, -0.25) is 0 Å². The van der Waals surface area contributed by atoms with Crippen LogP contribution in [0.3, 0.4) is 0 Å². The van der Waals surface area contributed by atoms with Crippen LogP contribution in [0.1, 0.15) is 55.9 Å². The van der Waals surface area contributed by atoms with Crippen LogP contribution in [-0.2, 0) is 12.8 Å². The van der Waals surface area contributed by atoms with E-state index in [0.717, 1.165) is 6.42 Å². The van der Waals surface area contributed by atoms with Gasteiger partial charge in [0.15, 0.2) is 0 Å². The Morgan fingerprint density at radius 2 is 1.33 bits per heavy atom. The summed E-state index contributed by atoms with van der Waals surface area (Å²) in [7, 11) is 0. The van der Waals surface area contributed by atoms with E-state index in [1.165, 1.54) is 41.5 Å². The molecule has 2 aromatic carbocycles. The van der Waals surface area contributed by atoms with Crippen molar-refractivity contribution >= 4 is 12.2 Å². The molecule has 0 amide bonds. The third kappa shape index (κ3) is 7.00. The first kappa shape index (κ1) is 20.0. The number of unbranched alkanes of at least 4 members (excludes halogenated alkanes) is 1.